The highest BCUT2D eigenvalue weighted by molar-refractivity contribution is 6.04. The average Bonchev–Trinajstić information content (AvgIpc) is 2.73. The van der Waals surface area contributed by atoms with Gasteiger partial charge in [-0.3, -0.25) is 14.9 Å². The number of nitrogens with one attached hydrogen (secondary N) is 1. The largest absolute Gasteiger partial charge is 0.482 e. The van der Waals surface area contributed by atoms with Crippen LogP contribution in [0, 0.1) is 10.1 Å². The van der Waals surface area contributed by atoms with Crippen LogP contribution in [0.3, 0.4) is 0 Å². The van der Waals surface area contributed by atoms with Gasteiger partial charge in [0.05, 0.1) is 4.92 Å². The van der Waals surface area contributed by atoms with Crippen LogP contribution in [0.4, 0.5) is 11.4 Å². The van der Waals surface area contributed by atoms with E-state index in [2.05, 4.69) is 5.32 Å². The summed E-state index contributed by atoms with van der Waals surface area (Å²) in [6.45, 7) is -0.368. The van der Waals surface area contributed by atoms with E-state index in [9.17, 15) is 19.7 Å². The number of rotatable bonds is 7. The second kappa shape index (κ2) is 9.14. The van der Waals surface area contributed by atoms with Gasteiger partial charge in [0.25, 0.3) is 11.6 Å². The first-order chi connectivity index (χ1) is 14.0. The van der Waals surface area contributed by atoms with E-state index in [0.29, 0.717) is 17.0 Å². The number of carbonyl (C=O) groups excluding carboxylic acids is 2. The molecule has 29 heavy (non-hydrogen) atoms. The summed E-state index contributed by atoms with van der Waals surface area (Å²) in [5.41, 5.74) is 0.931. The van der Waals surface area contributed by atoms with Gasteiger partial charge >= 0.3 is 5.97 Å². The van der Waals surface area contributed by atoms with E-state index >= 15 is 0 Å². The van der Waals surface area contributed by atoms with Crippen molar-refractivity contribution in [2.75, 3.05) is 11.9 Å². The van der Waals surface area contributed by atoms with Crippen LogP contribution in [0.5, 0.6) is 11.5 Å². The number of hydrogen-bond donors (Lipinski definition) is 1. The number of carbonyl (C=O) groups is 2. The number of nitrogens with zero attached hydrogens (tertiary/aromatic N) is 1. The highest BCUT2D eigenvalue weighted by Crippen LogP contribution is 2.19. The fourth-order valence-electron chi connectivity index (χ4n) is 2.40. The van der Waals surface area contributed by atoms with Crippen molar-refractivity contribution >= 4 is 23.3 Å². The number of esters is 1. The number of amides is 1. The smallest absolute Gasteiger partial charge is 0.349 e. The number of nitro groups is 1. The molecule has 3 aromatic carbocycles. The van der Waals surface area contributed by atoms with Gasteiger partial charge in [0, 0.05) is 29.4 Å². The van der Waals surface area contributed by atoms with E-state index < -0.39 is 10.9 Å². The Balaban J connectivity index is 1.54. The molecule has 1 amide bonds. The number of anilines is 1. The molecule has 0 spiro atoms. The van der Waals surface area contributed by atoms with Crippen LogP contribution < -0.4 is 14.8 Å². The van der Waals surface area contributed by atoms with Crippen LogP contribution in [-0.2, 0) is 4.79 Å². The Morgan fingerprint density at radius 1 is 0.897 bits per heavy atom. The van der Waals surface area contributed by atoms with Gasteiger partial charge < -0.3 is 14.8 Å². The lowest BCUT2D eigenvalue weighted by Crippen LogP contribution is -2.18. The quantitative estimate of drug-likeness (QED) is 0.283. The number of ether oxygens (including phenoxy) is 2. The molecule has 0 aliphatic rings. The molecule has 146 valence electrons. The minimum Gasteiger partial charge on any atom is -0.482 e. The zero-order valence-electron chi connectivity index (χ0n) is 15.1. The Morgan fingerprint density at radius 2 is 1.62 bits per heavy atom. The molecule has 0 fully saturated rings. The first-order valence-corrected chi connectivity index (χ1v) is 8.56. The second-order valence-corrected chi connectivity index (χ2v) is 5.86. The molecule has 1 N–H and O–H groups in total. The molecule has 0 unspecified atom stereocenters. The first-order valence-electron chi connectivity index (χ1n) is 8.56. The van der Waals surface area contributed by atoms with Crippen molar-refractivity contribution in [3.8, 4) is 11.5 Å². The predicted molar refractivity (Wildman–Crippen MR) is 105 cm³/mol. The minimum absolute atomic E-state index is 0.101. The Kier molecular flexibility index (Phi) is 6.16. The predicted octanol–water partition coefficient (Wildman–Crippen LogP) is 3.83. The number of non-ortho nitro benzene ring substituents is 1. The number of hydrogen-bond acceptors (Lipinski definition) is 6. The standard InChI is InChI=1S/C21H16N2O6/c24-20(29-18-11-9-17(10-12-18)23(26)27)14-28-19-8-4-7-16(13-19)22-21(25)15-5-2-1-3-6-15/h1-13H,14H2,(H,22,25). The lowest BCUT2D eigenvalue weighted by molar-refractivity contribution is -0.384. The monoisotopic (exact) mass is 392 g/mol. The molecule has 0 saturated heterocycles. The van der Waals surface area contributed by atoms with Gasteiger partial charge in [-0.2, -0.15) is 0 Å². The Bertz CT molecular complexity index is 1020. The topological polar surface area (TPSA) is 108 Å². The average molecular weight is 392 g/mol. The number of benzene rings is 3. The van der Waals surface area contributed by atoms with E-state index in [1.54, 1.807) is 48.5 Å². The van der Waals surface area contributed by atoms with Gasteiger partial charge in [0.2, 0.25) is 0 Å². The molecule has 0 atom stereocenters. The third-order valence-corrected chi connectivity index (χ3v) is 3.76. The van der Waals surface area contributed by atoms with Crippen molar-refractivity contribution in [1.82, 2.24) is 0 Å². The maximum Gasteiger partial charge on any atom is 0.349 e. The minimum atomic E-state index is -0.669. The van der Waals surface area contributed by atoms with Crippen molar-refractivity contribution in [2.24, 2.45) is 0 Å². The summed E-state index contributed by atoms with van der Waals surface area (Å²) in [6.07, 6.45) is 0. The van der Waals surface area contributed by atoms with Crippen LogP contribution in [0.15, 0.2) is 78.9 Å². The van der Waals surface area contributed by atoms with Crippen LogP contribution in [0.25, 0.3) is 0 Å². The summed E-state index contributed by atoms with van der Waals surface area (Å²) >= 11 is 0. The van der Waals surface area contributed by atoms with Crippen LogP contribution in [-0.4, -0.2) is 23.4 Å². The zero-order chi connectivity index (χ0) is 20.6. The van der Waals surface area contributed by atoms with Gasteiger partial charge in [-0.1, -0.05) is 24.3 Å². The molecule has 3 aromatic rings. The molecule has 0 bridgehead atoms. The van der Waals surface area contributed by atoms with E-state index in [1.165, 1.54) is 24.3 Å². The summed E-state index contributed by atoms with van der Waals surface area (Å²) < 4.78 is 10.5. The molecule has 8 heteroatoms. The van der Waals surface area contributed by atoms with Gasteiger partial charge in [0.1, 0.15) is 11.5 Å². The first kappa shape index (κ1) is 19.6. The maximum absolute atomic E-state index is 12.2. The van der Waals surface area contributed by atoms with E-state index in [4.69, 9.17) is 9.47 Å². The molecular formula is C21H16N2O6. The highest BCUT2D eigenvalue weighted by Gasteiger charge is 2.10. The molecule has 0 saturated carbocycles. The molecule has 8 nitrogen and oxygen atoms in total. The van der Waals surface area contributed by atoms with Crippen molar-refractivity contribution in [3.63, 3.8) is 0 Å². The summed E-state index contributed by atoms with van der Waals surface area (Å²) in [6, 6.07) is 20.5. The van der Waals surface area contributed by atoms with Gasteiger partial charge in [-0.25, -0.2) is 4.79 Å². The molecular weight excluding hydrogens is 376 g/mol. The molecule has 0 aliphatic carbocycles. The zero-order valence-corrected chi connectivity index (χ0v) is 15.1. The molecule has 0 heterocycles. The van der Waals surface area contributed by atoms with Crippen molar-refractivity contribution < 1.29 is 24.0 Å². The van der Waals surface area contributed by atoms with Crippen LogP contribution in [0.2, 0.25) is 0 Å². The third kappa shape index (κ3) is 5.64. The fourth-order valence-corrected chi connectivity index (χ4v) is 2.40. The van der Waals surface area contributed by atoms with Crippen molar-refractivity contribution in [1.29, 1.82) is 0 Å². The Hall–Kier alpha value is -4.20. The van der Waals surface area contributed by atoms with E-state index in [-0.39, 0.29) is 24.0 Å². The van der Waals surface area contributed by atoms with Gasteiger partial charge in [-0.05, 0) is 36.4 Å². The Labute approximate surface area is 165 Å². The lowest BCUT2D eigenvalue weighted by Gasteiger charge is -2.09. The fraction of sp³-hybridized carbons (Fsp3) is 0.0476. The van der Waals surface area contributed by atoms with Crippen LogP contribution in [0.1, 0.15) is 10.4 Å². The summed E-state index contributed by atoms with van der Waals surface area (Å²) in [7, 11) is 0. The SMILES string of the molecule is O=C(COc1cccc(NC(=O)c2ccccc2)c1)Oc1ccc([N+](=O)[O-])cc1. The third-order valence-electron chi connectivity index (χ3n) is 3.76. The summed E-state index contributed by atoms with van der Waals surface area (Å²) in [5, 5.41) is 13.4. The lowest BCUT2D eigenvalue weighted by atomic mass is 10.2. The van der Waals surface area contributed by atoms with Gasteiger partial charge in [0.15, 0.2) is 6.61 Å². The molecule has 0 aliphatic heterocycles. The van der Waals surface area contributed by atoms with Crippen LogP contribution >= 0.6 is 0 Å². The van der Waals surface area contributed by atoms with E-state index in [0.717, 1.165) is 0 Å². The van der Waals surface area contributed by atoms with Crippen molar-refractivity contribution in [3.05, 3.63) is 94.5 Å². The van der Waals surface area contributed by atoms with E-state index in [1.807, 2.05) is 6.07 Å². The molecule has 0 radical (unpaired) electrons. The summed E-state index contributed by atoms with van der Waals surface area (Å²) in [4.78, 5) is 34.2. The number of nitro benzene ring substituents is 1. The highest BCUT2D eigenvalue weighted by atomic mass is 16.6. The summed E-state index contributed by atoms with van der Waals surface area (Å²) in [5.74, 6) is -0.387. The van der Waals surface area contributed by atoms with Crippen molar-refractivity contribution in [2.45, 2.75) is 0 Å². The molecule has 3 rings (SSSR count). The second-order valence-electron chi connectivity index (χ2n) is 5.86. The normalized spacial score (nSPS) is 10.1. The molecule has 0 aromatic heterocycles. The maximum atomic E-state index is 12.2. The Morgan fingerprint density at radius 3 is 2.31 bits per heavy atom. The van der Waals surface area contributed by atoms with Gasteiger partial charge in [-0.15, -0.1) is 0 Å².